The van der Waals surface area contributed by atoms with Gasteiger partial charge in [-0.1, -0.05) is 33.8 Å². The van der Waals surface area contributed by atoms with E-state index in [4.69, 9.17) is 10.00 Å². The summed E-state index contributed by atoms with van der Waals surface area (Å²) < 4.78 is 5.28. The summed E-state index contributed by atoms with van der Waals surface area (Å²) in [5.41, 5.74) is 1.79. The fraction of sp³-hybridized carbons (Fsp3) is 0.588. The Morgan fingerprint density at radius 3 is 2.20 bits per heavy atom. The van der Waals surface area contributed by atoms with Gasteiger partial charge >= 0.3 is 0 Å². The molecule has 20 heavy (non-hydrogen) atoms. The van der Waals surface area contributed by atoms with E-state index in [1.165, 1.54) is 5.56 Å². The number of nitriles is 1. The van der Waals surface area contributed by atoms with Crippen molar-refractivity contribution in [1.82, 2.24) is 4.90 Å². The molecule has 0 saturated heterocycles. The maximum Gasteiger partial charge on any atom is 0.136 e. The third-order valence-electron chi connectivity index (χ3n) is 3.04. The number of ether oxygens (including phenoxy) is 1. The Balaban J connectivity index is 2.85. The first-order valence-corrected chi connectivity index (χ1v) is 7.25. The van der Waals surface area contributed by atoms with Crippen LogP contribution in [0.15, 0.2) is 18.2 Å². The molecule has 3 nitrogen and oxygen atoms in total. The summed E-state index contributed by atoms with van der Waals surface area (Å²) in [5.74, 6) is 1.96. The summed E-state index contributed by atoms with van der Waals surface area (Å²) in [6, 6.07) is 8.00. The van der Waals surface area contributed by atoms with Gasteiger partial charge in [-0.15, -0.1) is 0 Å². The lowest BCUT2D eigenvalue weighted by atomic mass is 10.1. The van der Waals surface area contributed by atoms with E-state index < -0.39 is 0 Å². The van der Waals surface area contributed by atoms with Gasteiger partial charge in [0.15, 0.2) is 0 Å². The lowest BCUT2D eigenvalue weighted by Crippen LogP contribution is -2.30. The highest BCUT2D eigenvalue weighted by molar-refractivity contribution is 5.45. The zero-order valence-electron chi connectivity index (χ0n) is 13.3. The second-order valence-corrected chi connectivity index (χ2v) is 6.13. The molecule has 0 unspecified atom stereocenters. The van der Waals surface area contributed by atoms with E-state index in [1.807, 2.05) is 18.2 Å². The van der Waals surface area contributed by atoms with Gasteiger partial charge in [0, 0.05) is 19.6 Å². The molecule has 0 aromatic heterocycles. The van der Waals surface area contributed by atoms with Crippen molar-refractivity contribution in [3.8, 4) is 11.8 Å². The molecule has 0 spiro atoms. The van der Waals surface area contributed by atoms with Crippen molar-refractivity contribution in [2.24, 2.45) is 11.8 Å². The van der Waals surface area contributed by atoms with E-state index in [0.717, 1.165) is 19.6 Å². The summed E-state index contributed by atoms with van der Waals surface area (Å²) in [6.45, 7) is 12.0. The largest absolute Gasteiger partial charge is 0.495 e. The molecule has 0 atom stereocenters. The predicted molar refractivity (Wildman–Crippen MR) is 82.7 cm³/mol. The number of rotatable bonds is 7. The standard InChI is InChI=1S/C17H26N2O/c1-13(2)10-19(11-14(3)4)12-15-6-7-16(9-18)17(8-15)20-5/h6-8,13-14H,10-12H2,1-5H3. The highest BCUT2D eigenvalue weighted by atomic mass is 16.5. The van der Waals surface area contributed by atoms with E-state index in [9.17, 15) is 0 Å². The van der Waals surface area contributed by atoms with E-state index in [0.29, 0.717) is 23.1 Å². The van der Waals surface area contributed by atoms with Crippen LogP contribution in [0.25, 0.3) is 0 Å². The van der Waals surface area contributed by atoms with Gasteiger partial charge in [-0.25, -0.2) is 0 Å². The van der Waals surface area contributed by atoms with Gasteiger partial charge < -0.3 is 4.74 Å². The van der Waals surface area contributed by atoms with Crippen molar-refractivity contribution in [2.45, 2.75) is 34.2 Å². The van der Waals surface area contributed by atoms with Crippen LogP contribution >= 0.6 is 0 Å². The van der Waals surface area contributed by atoms with Crippen LogP contribution in [0, 0.1) is 23.2 Å². The van der Waals surface area contributed by atoms with Crippen molar-refractivity contribution < 1.29 is 4.74 Å². The first-order valence-electron chi connectivity index (χ1n) is 7.25. The summed E-state index contributed by atoms with van der Waals surface area (Å²) in [7, 11) is 1.61. The van der Waals surface area contributed by atoms with E-state index in [1.54, 1.807) is 7.11 Å². The monoisotopic (exact) mass is 274 g/mol. The number of methoxy groups -OCH3 is 1. The third kappa shape index (κ3) is 5.22. The molecule has 0 aliphatic heterocycles. The number of benzene rings is 1. The molecule has 1 aromatic rings. The molecule has 0 radical (unpaired) electrons. The smallest absolute Gasteiger partial charge is 0.136 e. The van der Waals surface area contributed by atoms with Gasteiger partial charge in [-0.05, 0) is 29.5 Å². The average molecular weight is 274 g/mol. The van der Waals surface area contributed by atoms with Gasteiger partial charge in [-0.2, -0.15) is 5.26 Å². The maximum atomic E-state index is 9.02. The predicted octanol–water partition coefficient (Wildman–Crippen LogP) is 3.68. The maximum absolute atomic E-state index is 9.02. The molecule has 1 aromatic carbocycles. The molecule has 110 valence electrons. The first kappa shape index (κ1) is 16.5. The lowest BCUT2D eigenvalue weighted by Gasteiger charge is -2.26. The van der Waals surface area contributed by atoms with Crippen molar-refractivity contribution in [3.05, 3.63) is 29.3 Å². The van der Waals surface area contributed by atoms with Gasteiger partial charge in [0.1, 0.15) is 11.8 Å². The highest BCUT2D eigenvalue weighted by Crippen LogP contribution is 2.21. The molecule has 0 heterocycles. The second kappa shape index (κ2) is 7.91. The van der Waals surface area contributed by atoms with Gasteiger partial charge in [-0.3, -0.25) is 4.90 Å². The van der Waals surface area contributed by atoms with Gasteiger partial charge in [0.25, 0.3) is 0 Å². The van der Waals surface area contributed by atoms with E-state index in [2.05, 4.69) is 38.7 Å². The SMILES string of the molecule is COc1cc(CN(CC(C)C)CC(C)C)ccc1C#N. The zero-order chi connectivity index (χ0) is 15.1. The fourth-order valence-corrected chi connectivity index (χ4v) is 2.42. The molecule has 0 bridgehead atoms. The summed E-state index contributed by atoms with van der Waals surface area (Å²) in [4.78, 5) is 2.47. The van der Waals surface area contributed by atoms with Crippen LogP contribution in [-0.4, -0.2) is 25.1 Å². The second-order valence-electron chi connectivity index (χ2n) is 6.13. The Morgan fingerprint density at radius 1 is 1.15 bits per heavy atom. The van der Waals surface area contributed by atoms with Crippen molar-refractivity contribution in [1.29, 1.82) is 5.26 Å². The molecule has 0 aliphatic carbocycles. The Labute approximate surface area is 123 Å². The van der Waals surface area contributed by atoms with Crippen LogP contribution in [0.4, 0.5) is 0 Å². The highest BCUT2D eigenvalue weighted by Gasteiger charge is 2.11. The van der Waals surface area contributed by atoms with Crippen LogP contribution < -0.4 is 4.74 Å². The quantitative estimate of drug-likeness (QED) is 0.761. The summed E-state index contributed by atoms with van der Waals surface area (Å²) >= 11 is 0. The Bertz CT molecular complexity index is 451. The van der Waals surface area contributed by atoms with Crippen LogP contribution in [0.3, 0.4) is 0 Å². The minimum Gasteiger partial charge on any atom is -0.495 e. The van der Waals surface area contributed by atoms with Crippen molar-refractivity contribution >= 4 is 0 Å². The minimum absolute atomic E-state index is 0.593. The van der Waals surface area contributed by atoms with Crippen LogP contribution in [0.1, 0.15) is 38.8 Å². The van der Waals surface area contributed by atoms with Crippen LogP contribution in [-0.2, 0) is 6.54 Å². The number of hydrogen-bond donors (Lipinski definition) is 0. The Hall–Kier alpha value is -1.53. The zero-order valence-corrected chi connectivity index (χ0v) is 13.3. The van der Waals surface area contributed by atoms with E-state index in [-0.39, 0.29) is 0 Å². The van der Waals surface area contributed by atoms with Crippen molar-refractivity contribution in [3.63, 3.8) is 0 Å². The molecule has 1 rings (SSSR count). The molecular weight excluding hydrogens is 248 g/mol. The number of nitrogens with zero attached hydrogens (tertiary/aromatic N) is 2. The Morgan fingerprint density at radius 2 is 1.75 bits per heavy atom. The molecule has 0 fully saturated rings. The van der Waals surface area contributed by atoms with Gasteiger partial charge in [0.05, 0.1) is 12.7 Å². The molecule has 0 saturated carbocycles. The molecule has 0 aliphatic rings. The van der Waals surface area contributed by atoms with Gasteiger partial charge in [0.2, 0.25) is 0 Å². The number of hydrogen-bond acceptors (Lipinski definition) is 3. The van der Waals surface area contributed by atoms with Crippen LogP contribution in [0.5, 0.6) is 5.75 Å². The molecule has 0 amide bonds. The average Bonchev–Trinajstić information content (AvgIpc) is 2.36. The summed E-state index contributed by atoms with van der Waals surface area (Å²) in [5, 5.41) is 9.02. The Kier molecular flexibility index (Phi) is 6.54. The summed E-state index contributed by atoms with van der Waals surface area (Å²) in [6.07, 6.45) is 0. The molecular formula is C17H26N2O. The van der Waals surface area contributed by atoms with Crippen LogP contribution in [0.2, 0.25) is 0 Å². The lowest BCUT2D eigenvalue weighted by molar-refractivity contribution is 0.211. The molecule has 3 heteroatoms. The minimum atomic E-state index is 0.593. The van der Waals surface area contributed by atoms with Crippen molar-refractivity contribution in [2.75, 3.05) is 20.2 Å². The topological polar surface area (TPSA) is 36.3 Å². The third-order valence-corrected chi connectivity index (χ3v) is 3.04. The first-order chi connectivity index (χ1) is 9.46. The fourth-order valence-electron chi connectivity index (χ4n) is 2.42. The molecule has 0 N–H and O–H groups in total. The van der Waals surface area contributed by atoms with E-state index >= 15 is 0 Å². The normalized spacial score (nSPS) is 11.2.